The fraction of sp³-hybridized carbons (Fsp3) is 0.312. The van der Waals surface area contributed by atoms with E-state index in [2.05, 4.69) is 5.10 Å². The van der Waals surface area contributed by atoms with Crippen molar-refractivity contribution in [1.82, 2.24) is 9.78 Å². The molecule has 5 nitrogen and oxygen atoms in total. The lowest BCUT2D eigenvalue weighted by Gasteiger charge is -2.08. The molecule has 24 heavy (non-hydrogen) atoms. The number of nitriles is 1. The average molecular weight is 337 g/mol. The Morgan fingerprint density at radius 3 is 2.79 bits per heavy atom. The van der Waals surface area contributed by atoms with E-state index in [4.69, 9.17) is 10.00 Å². The van der Waals surface area contributed by atoms with Gasteiger partial charge in [-0.15, -0.1) is 0 Å². The second-order valence-corrected chi connectivity index (χ2v) is 4.93. The number of ether oxygens (including phenoxy) is 1. The number of rotatable bonds is 5. The zero-order valence-corrected chi connectivity index (χ0v) is 12.8. The van der Waals surface area contributed by atoms with Gasteiger partial charge in [-0.3, -0.25) is 4.68 Å². The van der Waals surface area contributed by atoms with Crippen LogP contribution in [0.25, 0.3) is 0 Å². The third-order valence-corrected chi connectivity index (χ3v) is 3.25. The summed E-state index contributed by atoms with van der Waals surface area (Å²) >= 11 is 0. The average Bonchev–Trinajstić information content (AvgIpc) is 2.96. The maximum atomic E-state index is 12.7. The van der Waals surface area contributed by atoms with Gasteiger partial charge in [0.05, 0.1) is 12.2 Å². The van der Waals surface area contributed by atoms with Gasteiger partial charge in [0.1, 0.15) is 11.6 Å². The number of esters is 1. The first-order valence-electron chi connectivity index (χ1n) is 7.16. The van der Waals surface area contributed by atoms with E-state index in [1.807, 2.05) is 0 Å². The van der Waals surface area contributed by atoms with Gasteiger partial charge in [0.25, 0.3) is 0 Å². The van der Waals surface area contributed by atoms with Crippen LogP contribution in [-0.2, 0) is 23.9 Å². The molecule has 2 rings (SSSR count). The number of carbonyl (C=O) groups is 1. The van der Waals surface area contributed by atoms with E-state index in [0.717, 1.165) is 12.1 Å². The van der Waals surface area contributed by atoms with Crippen LogP contribution < -0.4 is 0 Å². The lowest BCUT2D eigenvalue weighted by Crippen LogP contribution is -2.07. The summed E-state index contributed by atoms with van der Waals surface area (Å²) in [4.78, 5) is 11.7. The molecule has 0 amide bonds. The maximum absolute atomic E-state index is 12.7. The van der Waals surface area contributed by atoms with Crippen LogP contribution >= 0.6 is 0 Å². The highest BCUT2D eigenvalue weighted by atomic mass is 19.4. The Hall–Kier alpha value is -2.82. The molecule has 0 N–H and O–H groups in total. The van der Waals surface area contributed by atoms with Crippen molar-refractivity contribution in [3.05, 3.63) is 52.8 Å². The van der Waals surface area contributed by atoms with Crippen LogP contribution in [0.2, 0.25) is 0 Å². The Labute approximate surface area is 136 Å². The Balaban J connectivity index is 2.13. The van der Waals surface area contributed by atoms with Gasteiger partial charge in [0.2, 0.25) is 0 Å². The largest absolute Gasteiger partial charge is 0.462 e. The van der Waals surface area contributed by atoms with Crippen LogP contribution in [0.15, 0.2) is 30.5 Å². The molecule has 1 aromatic carbocycles. The smallest absolute Gasteiger partial charge is 0.416 e. The molecule has 0 unspecified atom stereocenters. The number of aromatic nitrogens is 2. The Kier molecular flexibility index (Phi) is 5.24. The SMILES string of the molecule is CCOC(=O)c1cn(CCc2cccc(C(F)(F)F)c2)nc1C#N. The van der Waals surface area contributed by atoms with Gasteiger partial charge < -0.3 is 4.74 Å². The minimum Gasteiger partial charge on any atom is -0.462 e. The summed E-state index contributed by atoms with van der Waals surface area (Å²) in [6.07, 6.45) is -2.75. The van der Waals surface area contributed by atoms with Crippen molar-refractivity contribution in [2.24, 2.45) is 0 Å². The molecule has 0 radical (unpaired) electrons. The monoisotopic (exact) mass is 337 g/mol. The molecule has 0 spiro atoms. The van der Waals surface area contributed by atoms with Crippen molar-refractivity contribution in [2.75, 3.05) is 6.61 Å². The molecule has 0 fully saturated rings. The quantitative estimate of drug-likeness (QED) is 0.786. The number of halogens is 3. The van der Waals surface area contributed by atoms with Gasteiger partial charge in [-0.25, -0.2) is 4.79 Å². The van der Waals surface area contributed by atoms with Crippen LogP contribution in [0, 0.1) is 11.3 Å². The summed E-state index contributed by atoms with van der Waals surface area (Å²) in [6, 6.07) is 6.79. The highest BCUT2D eigenvalue weighted by Gasteiger charge is 2.30. The molecule has 1 aromatic heterocycles. The summed E-state index contributed by atoms with van der Waals surface area (Å²) in [6.45, 7) is 2.04. The normalized spacial score (nSPS) is 11.1. The number of hydrogen-bond acceptors (Lipinski definition) is 4. The predicted molar refractivity (Wildman–Crippen MR) is 78.0 cm³/mol. The third-order valence-electron chi connectivity index (χ3n) is 3.25. The second kappa shape index (κ2) is 7.17. The lowest BCUT2D eigenvalue weighted by atomic mass is 10.1. The first-order valence-corrected chi connectivity index (χ1v) is 7.16. The van der Waals surface area contributed by atoms with Gasteiger partial charge >= 0.3 is 12.1 Å². The van der Waals surface area contributed by atoms with Gasteiger partial charge in [-0.05, 0) is 25.0 Å². The van der Waals surface area contributed by atoms with E-state index in [0.29, 0.717) is 5.56 Å². The summed E-state index contributed by atoms with van der Waals surface area (Å²) in [7, 11) is 0. The molecule has 126 valence electrons. The number of aryl methyl sites for hydroxylation is 2. The van der Waals surface area contributed by atoms with E-state index in [-0.39, 0.29) is 30.8 Å². The zero-order valence-electron chi connectivity index (χ0n) is 12.8. The highest BCUT2D eigenvalue weighted by Crippen LogP contribution is 2.29. The molecule has 0 bridgehead atoms. The molecule has 0 saturated heterocycles. The second-order valence-electron chi connectivity index (χ2n) is 4.93. The molecule has 0 atom stereocenters. The number of carbonyl (C=O) groups excluding carboxylic acids is 1. The standard InChI is InChI=1S/C16H14F3N3O2/c1-2-24-15(23)13-10-22(21-14(13)9-20)7-6-11-4-3-5-12(8-11)16(17,18)19/h3-5,8,10H,2,6-7H2,1H3. The van der Waals surface area contributed by atoms with Crippen LogP contribution in [0.1, 0.15) is 34.1 Å². The summed E-state index contributed by atoms with van der Waals surface area (Å²) in [5.41, 5.74) is -0.261. The minimum atomic E-state index is -4.40. The molecule has 2 aromatic rings. The van der Waals surface area contributed by atoms with E-state index in [1.54, 1.807) is 19.1 Å². The summed E-state index contributed by atoms with van der Waals surface area (Å²) in [5.74, 6) is -0.653. The van der Waals surface area contributed by atoms with Crippen LogP contribution in [0.4, 0.5) is 13.2 Å². The fourth-order valence-corrected chi connectivity index (χ4v) is 2.12. The van der Waals surface area contributed by atoms with Crippen molar-refractivity contribution in [3.8, 4) is 6.07 Å². The Bertz CT molecular complexity index is 776. The predicted octanol–water partition coefficient (Wildman–Crippen LogP) is 3.19. The van der Waals surface area contributed by atoms with Gasteiger partial charge in [-0.1, -0.05) is 18.2 Å². The van der Waals surface area contributed by atoms with E-state index in [9.17, 15) is 18.0 Å². The Morgan fingerprint density at radius 1 is 1.42 bits per heavy atom. The fourth-order valence-electron chi connectivity index (χ4n) is 2.12. The number of nitrogens with zero attached hydrogens (tertiary/aromatic N) is 3. The molecule has 1 heterocycles. The first kappa shape index (κ1) is 17.5. The topological polar surface area (TPSA) is 67.9 Å². The minimum absolute atomic E-state index is 0.0448. The zero-order chi connectivity index (χ0) is 17.7. The first-order chi connectivity index (χ1) is 11.3. The number of benzene rings is 1. The van der Waals surface area contributed by atoms with Gasteiger partial charge in [-0.2, -0.15) is 23.5 Å². The number of hydrogen-bond donors (Lipinski definition) is 0. The Morgan fingerprint density at radius 2 is 2.17 bits per heavy atom. The van der Waals surface area contributed by atoms with E-state index in [1.165, 1.54) is 16.9 Å². The maximum Gasteiger partial charge on any atom is 0.416 e. The summed E-state index contributed by atoms with van der Waals surface area (Å²) in [5, 5.41) is 13.0. The van der Waals surface area contributed by atoms with Crippen molar-refractivity contribution in [1.29, 1.82) is 5.26 Å². The van der Waals surface area contributed by atoms with Crippen LogP contribution in [-0.4, -0.2) is 22.4 Å². The van der Waals surface area contributed by atoms with Crippen molar-refractivity contribution in [2.45, 2.75) is 26.1 Å². The third kappa shape index (κ3) is 4.13. The number of alkyl halides is 3. The van der Waals surface area contributed by atoms with Crippen molar-refractivity contribution >= 4 is 5.97 Å². The van der Waals surface area contributed by atoms with Gasteiger partial charge in [0.15, 0.2) is 5.69 Å². The lowest BCUT2D eigenvalue weighted by molar-refractivity contribution is -0.137. The van der Waals surface area contributed by atoms with Crippen LogP contribution in [0.3, 0.4) is 0 Å². The molecule has 0 aliphatic carbocycles. The van der Waals surface area contributed by atoms with E-state index < -0.39 is 17.7 Å². The molecule has 8 heteroatoms. The summed E-state index contributed by atoms with van der Waals surface area (Å²) < 4.78 is 44.3. The highest BCUT2D eigenvalue weighted by molar-refractivity contribution is 5.91. The molecule has 0 aliphatic heterocycles. The molecular formula is C16H14F3N3O2. The van der Waals surface area contributed by atoms with Crippen molar-refractivity contribution < 1.29 is 22.7 Å². The van der Waals surface area contributed by atoms with Gasteiger partial charge in [0, 0.05) is 12.7 Å². The van der Waals surface area contributed by atoms with E-state index >= 15 is 0 Å². The molecular weight excluding hydrogens is 323 g/mol. The molecule has 0 saturated carbocycles. The molecule has 0 aliphatic rings. The van der Waals surface area contributed by atoms with Crippen LogP contribution in [0.5, 0.6) is 0 Å². The van der Waals surface area contributed by atoms with Crippen molar-refractivity contribution in [3.63, 3.8) is 0 Å².